The molecule has 7 nitrogen and oxygen atoms in total. The minimum atomic E-state index is -0.372. The first-order valence-corrected chi connectivity index (χ1v) is 8.08. The van der Waals surface area contributed by atoms with Gasteiger partial charge >= 0.3 is 5.97 Å². The van der Waals surface area contributed by atoms with Crippen molar-refractivity contribution in [3.05, 3.63) is 51.6 Å². The molecule has 26 heavy (non-hydrogen) atoms. The van der Waals surface area contributed by atoms with Crippen molar-refractivity contribution in [2.45, 2.75) is 6.42 Å². The fraction of sp³-hybridized carbons (Fsp3) is 0.105. The minimum absolute atomic E-state index is 0.0799. The Balaban J connectivity index is 1.74. The number of fused-ring (bicyclic) bond motifs is 6. The lowest BCUT2D eigenvalue weighted by atomic mass is 10.1. The van der Waals surface area contributed by atoms with E-state index in [2.05, 4.69) is 0 Å². The Bertz CT molecular complexity index is 1400. The maximum Gasteiger partial charge on any atom is 0.315 e. The van der Waals surface area contributed by atoms with Crippen molar-refractivity contribution in [1.82, 2.24) is 9.38 Å². The Morgan fingerprint density at radius 3 is 2.73 bits per heavy atom. The van der Waals surface area contributed by atoms with Crippen LogP contribution in [0, 0.1) is 0 Å². The van der Waals surface area contributed by atoms with Crippen LogP contribution in [-0.4, -0.2) is 22.1 Å². The van der Waals surface area contributed by atoms with E-state index >= 15 is 0 Å². The molecular weight excluding hydrogens is 336 g/mol. The Labute approximate surface area is 145 Å². The quantitative estimate of drug-likeness (QED) is 0.447. The fourth-order valence-corrected chi connectivity index (χ4v) is 3.62. The molecule has 4 aromatic rings. The number of carbonyl (C=O) groups is 1. The van der Waals surface area contributed by atoms with Gasteiger partial charge in [0.15, 0.2) is 11.5 Å². The monoisotopic (exact) mass is 346 g/mol. The number of benzene rings is 1. The number of esters is 1. The van der Waals surface area contributed by atoms with Crippen LogP contribution in [0.3, 0.4) is 0 Å². The zero-order valence-electron chi connectivity index (χ0n) is 13.3. The van der Waals surface area contributed by atoms with E-state index in [4.69, 9.17) is 19.2 Å². The molecule has 7 heteroatoms. The van der Waals surface area contributed by atoms with E-state index < -0.39 is 0 Å². The summed E-state index contributed by atoms with van der Waals surface area (Å²) < 4.78 is 17.3. The number of rotatable bonds is 0. The maximum atomic E-state index is 12.8. The summed E-state index contributed by atoms with van der Waals surface area (Å²) in [4.78, 5) is 29.1. The lowest BCUT2D eigenvalue weighted by Gasteiger charge is -2.08. The largest absolute Gasteiger partial charge is 0.454 e. The molecule has 0 saturated carbocycles. The molecule has 0 atom stereocenters. The average Bonchev–Trinajstić information content (AvgIpc) is 3.22. The number of cyclic esters (lactones) is 1. The summed E-state index contributed by atoms with van der Waals surface area (Å²) in [7, 11) is 0. The SMILES string of the molecule is O=C1Cc2cc3c4nc5cc6c(cc5cc4cn3c(=O)c2=CO1)OCO6. The van der Waals surface area contributed by atoms with Gasteiger partial charge in [-0.05, 0) is 23.8 Å². The third kappa shape index (κ3) is 1.69. The molecule has 6 rings (SSSR count). The smallest absolute Gasteiger partial charge is 0.315 e. The molecule has 0 saturated heterocycles. The topological polar surface area (TPSA) is 79.1 Å². The van der Waals surface area contributed by atoms with Gasteiger partial charge in [0.25, 0.3) is 5.56 Å². The van der Waals surface area contributed by atoms with Crippen molar-refractivity contribution >= 4 is 39.6 Å². The highest BCUT2D eigenvalue weighted by atomic mass is 16.7. The van der Waals surface area contributed by atoms with Crippen molar-refractivity contribution in [2.75, 3.05) is 6.79 Å². The Morgan fingerprint density at radius 1 is 1.00 bits per heavy atom. The van der Waals surface area contributed by atoms with Crippen LogP contribution in [0.1, 0.15) is 5.56 Å². The number of pyridine rings is 2. The summed E-state index contributed by atoms with van der Waals surface area (Å²) in [5.41, 5.74) is 2.57. The zero-order valence-corrected chi connectivity index (χ0v) is 13.3. The number of ether oxygens (including phenoxy) is 3. The average molecular weight is 346 g/mol. The summed E-state index contributed by atoms with van der Waals surface area (Å²) in [6, 6.07) is 7.52. The standard InChI is InChI=1S/C19H10N2O5/c22-17-4-9-2-14-18-11(6-21(14)19(23)12(9)7-24-17)1-10-3-15-16(26-8-25-15)5-13(10)20-18/h1-3,5-7H,4,8H2. The van der Waals surface area contributed by atoms with Crippen molar-refractivity contribution in [2.24, 2.45) is 0 Å². The van der Waals surface area contributed by atoms with E-state index in [1.54, 1.807) is 10.6 Å². The summed E-state index contributed by atoms with van der Waals surface area (Å²) in [6.07, 6.45) is 3.07. The fourth-order valence-electron chi connectivity index (χ4n) is 3.62. The molecule has 3 aromatic heterocycles. The van der Waals surface area contributed by atoms with Crippen molar-refractivity contribution in [1.29, 1.82) is 0 Å². The van der Waals surface area contributed by atoms with E-state index in [9.17, 15) is 9.59 Å². The molecular formula is C19H10N2O5. The van der Waals surface area contributed by atoms with Gasteiger partial charge < -0.3 is 14.2 Å². The Kier molecular flexibility index (Phi) is 2.37. The van der Waals surface area contributed by atoms with Crippen LogP contribution in [0.5, 0.6) is 11.5 Å². The van der Waals surface area contributed by atoms with E-state index in [0.29, 0.717) is 33.3 Å². The summed E-state index contributed by atoms with van der Waals surface area (Å²) in [5, 5.41) is 2.14. The molecule has 0 aliphatic carbocycles. The molecule has 2 aliphatic heterocycles. The van der Waals surface area contributed by atoms with Gasteiger partial charge in [-0.25, -0.2) is 4.98 Å². The third-order valence-electron chi connectivity index (χ3n) is 4.86. The van der Waals surface area contributed by atoms with Crippen molar-refractivity contribution in [3.63, 3.8) is 0 Å². The number of hydrogen-bond acceptors (Lipinski definition) is 6. The second-order valence-corrected chi connectivity index (χ2v) is 6.38. The molecule has 2 aliphatic rings. The van der Waals surface area contributed by atoms with Crippen LogP contribution in [0.15, 0.2) is 35.3 Å². The van der Waals surface area contributed by atoms with Crippen LogP contribution >= 0.6 is 0 Å². The molecule has 0 unspecified atom stereocenters. The van der Waals surface area contributed by atoms with Gasteiger partial charge in [0.1, 0.15) is 6.26 Å². The van der Waals surface area contributed by atoms with Crippen LogP contribution < -0.4 is 20.3 Å². The molecule has 0 fully saturated rings. The summed E-state index contributed by atoms with van der Waals surface area (Å²) >= 11 is 0. The van der Waals surface area contributed by atoms with Gasteiger partial charge in [-0.2, -0.15) is 0 Å². The third-order valence-corrected chi connectivity index (χ3v) is 4.86. The van der Waals surface area contributed by atoms with Gasteiger partial charge in [-0.1, -0.05) is 0 Å². The van der Waals surface area contributed by atoms with Gasteiger partial charge in [-0.3, -0.25) is 14.0 Å². The molecule has 0 spiro atoms. The lowest BCUT2D eigenvalue weighted by molar-refractivity contribution is -0.135. The number of aromatic nitrogens is 2. The first kappa shape index (κ1) is 13.7. The minimum Gasteiger partial charge on any atom is -0.454 e. The van der Waals surface area contributed by atoms with Crippen LogP contribution in [0.4, 0.5) is 0 Å². The van der Waals surface area contributed by atoms with Gasteiger partial charge in [0.05, 0.1) is 28.2 Å². The Morgan fingerprint density at radius 2 is 1.85 bits per heavy atom. The number of carbonyl (C=O) groups excluding carboxylic acids is 1. The lowest BCUT2D eigenvalue weighted by Crippen LogP contribution is -2.37. The van der Waals surface area contributed by atoms with Crippen molar-refractivity contribution in [3.8, 4) is 11.5 Å². The van der Waals surface area contributed by atoms with E-state index in [1.807, 2.05) is 24.3 Å². The van der Waals surface area contributed by atoms with Crippen LogP contribution in [0.25, 0.3) is 33.6 Å². The molecule has 1 aromatic carbocycles. The predicted molar refractivity (Wildman–Crippen MR) is 92.1 cm³/mol. The van der Waals surface area contributed by atoms with Gasteiger partial charge in [0.2, 0.25) is 6.79 Å². The summed E-state index contributed by atoms with van der Waals surface area (Å²) in [6.45, 7) is 0.203. The second-order valence-electron chi connectivity index (χ2n) is 6.38. The number of nitrogens with zero attached hydrogens (tertiary/aromatic N) is 2. The molecule has 0 bridgehead atoms. The maximum absolute atomic E-state index is 12.8. The Hall–Kier alpha value is -3.61. The van der Waals surface area contributed by atoms with Crippen LogP contribution in [-0.2, 0) is 16.0 Å². The molecule has 126 valence electrons. The van der Waals surface area contributed by atoms with Crippen LogP contribution in [0.2, 0.25) is 0 Å². The number of hydrogen-bond donors (Lipinski definition) is 0. The highest BCUT2D eigenvalue weighted by Crippen LogP contribution is 2.36. The zero-order chi connectivity index (χ0) is 17.4. The first-order valence-electron chi connectivity index (χ1n) is 8.08. The normalized spacial score (nSPS) is 15.3. The molecule has 0 amide bonds. The molecule has 5 heterocycles. The van der Waals surface area contributed by atoms with E-state index in [-0.39, 0.29) is 24.7 Å². The highest BCUT2D eigenvalue weighted by Gasteiger charge is 2.19. The van der Waals surface area contributed by atoms with Gasteiger partial charge in [-0.15, -0.1) is 0 Å². The van der Waals surface area contributed by atoms with Crippen molar-refractivity contribution < 1.29 is 19.0 Å². The van der Waals surface area contributed by atoms with E-state index in [1.165, 1.54) is 6.26 Å². The molecule has 0 radical (unpaired) electrons. The summed E-state index contributed by atoms with van der Waals surface area (Å²) in [5.74, 6) is 0.975. The molecule has 0 N–H and O–H groups in total. The predicted octanol–water partition coefficient (Wildman–Crippen LogP) is 1.29. The second kappa shape index (κ2) is 4.51. The highest BCUT2D eigenvalue weighted by molar-refractivity contribution is 6.01. The van der Waals surface area contributed by atoms with Gasteiger partial charge in [0, 0.05) is 23.0 Å². The van der Waals surface area contributed by atoms with E-state index in [0.717, 1.165) is 16.3 Å². The first-order chi connectivity index (χ1) is 12.7.